The van der Waals surface area contributed by atoms with Crippen molar-refractivity contribution >= 4 is 0 Å². The minimum Gasteiger partial charge on any atom is -0.385 e. The van der Waals surface area contributed by atoms with Crippen LogP contribution in [0.5, 0.6) is 0 Å². The fourth-order valence-electron chi connectivity index (χ4n) is 2.26. The molecule has 1 aliphatic heterocycles. The fraction of sp³-hybridized carbons (Fsp3) is 0.500. The predicted molar refractivity (Wildman–Crippen MR) is 60.2 cm³/mol. The molecule has 1 aliphatic carbocycles. The van der Waals surface area contributed by atoms with Gasteiger partial charge in [0.2, 0.25) is 0 Å². The molecule has 3 N–H and O–H groups in total. The third-order valence-electron chi connectivity index (χ3n) is 3.12. The van der Waals surface area contributed by atoms with Gasteiger partial charge in [0.1, 0.15) is 17.2 Å². The molecule has 0 aromatic heterocycles. The van der Waals surface area contributed by atoms with E-state index in [1.165, 1.54) is 0 Å². The highest BCUT2D eigenvalue weighted by molar-refractivity contribution is 5.50. The highest BCUT2D eigenvalue weighted by Crippen LogP contribution is 2.43. The molecule has 0 saturated carbocycles. The Morgan fingerprint density at radius 2 is 1.95 bits per heavy atom. The van der Waals surface area contributed by atoms with Gasteiger partial charge in [0.05, 0.1) is 0 Å². The zero-order chi connectivity index (χ0) is 14.2. The lowest BCUT2D eigenvalue weighted by molar-refractivity contribution is -0.0937. The Hall–Kier alpha value is -1.37. The minimum absolute atomic E-state index is 0.241. The second-order valence-corrected chi connectivity index (χ2v) is 4.50. The molecule has 19 heavy (non-hydrogen) atoms. The van der Waals surface area contributed by atoms with Gasteiger partial charge in [-0.15, -0.1) is 0 Å². The number of alkyl halides is 3. The Labute approximate surface area is 106 Å². The van der Waals surface area contributed by atoms with Crippen LogP contribution in [0.4, 0.5) is 22.0 Å². The van der Waals surface area contributed by atoms with Gasteiger partial charge in [-0.25, -0.2) is 8.78 Å². The average Bonchev–Trinajstić information content (AvgIpc) is 2.27. The minimum atomic E-state index is -5.06. The lowest BCUT2D eigenvalue weighted by Crippen LogP contribution is -2.35. The summed E-state index contributed by atoms with van der Waals surface area (Å²) >= 11 is 0. The first-order chi connectivity index (χ1) is 8.82. The van der Waals surface area contributed by atoms with Crippen LogP contribution in [0.15, 0.2) is 34.6 Å². The largest absolute Gasteiger partial charge is 0.421 e. The lowest BCUT2D eigenvalue weighted by Gasteiger charge is -2.28. The van der Waals surface area contributed by atoms with Crippen LogP contribution < -0.4 is 11.1 Å². The average molecular weight is 280 g/mol. The molecule has 0 radical (unpaired) electrons. The first-order valence-electron chi connectivity index (χ1n) is 5.88. The van der Waals surface area contributed by atoms with Crippen LogP contribution in [-0.2, 0) is 0 Å². The molecular formula is C12H13F5N2. The molecule has 0 bridgehead atoms. The maximum atomic E-state index is 14.0. The standard InChI is InChI=1S/C12H13F5N2/c13-6-5-7(18)9(8-3-1-2-4-19-8)11(14)10(6)12(15,16)17/h3,7,19H,1-2,4-5,18H2. The van der Waals surface area contributed by atoms with Crippen LogP contribution in [0, 0.1) is 0 Å². The predicted octanol–water partition coefficient (Wildman–Crippen LogP) is 2.99. The Balaban J connectivity index is 2.50. The van der Waals surface area contributed by atoms with Crippen LogP contribution in [-0.4, -0.2) is 18.8 Å². The van der Waals surface area contributed by atoms with Crippen molar-refractivity contribution in [3.63, 3.8) is 0 Å². The normalized spacial score (nSPS) is 25.4. The van der Waals surface area contributed by atoms with Crippen molar-refractivity contribution in [1.29, 1.82) is 0 Å². The zero-order valence-electron chi connectivity index (χ0n) is 9.95. The van der Waals surface area contributed by atoms with Gasteiger partial charge in [0.25, 0.3) is 0 Å². The second-order valence-electron chi connectivity index (χ2n) is 4.50. The van der Waals surface area contributed by atoms with Crippen molar-refractivity contribution in [3.8, 4) is 0 Å². The van der Waals surface area contributed by atoms with Gasteiger partial charge in [0, 0.05) is 30.3 Å². The molecule has 1 heterocycles. The summed E-state index contributed by atoms with van der Waals surface area (Å²) in [5.74, 6) is -3.15. The van der Waals surface area contributed by atoms with Crippen LogP contribution in [0.3, 0.4) is 0 Å². The number of nitrogens with one attached hydrogen (secondary N) is 1. The highest BCUT2D eigenvalue weighted by Gasteiger charge is 2.45. The summed E-state index contributed by atoms with van der Waals surface area (Å²) in [6.45, 7) is 0.531. The molecule has 1 atom stereocenters. The molecule has 0 saturated heterocycles. The van der Waals surface area contributed by atoms with Gasteiger partial charge >= 0.3 is 6.18 Å². The van der Waals surface area contributed by atoms with E-state index in [0.717, 1.165) is 6.42 Å². The number of rotatable bonds is 1. The Bertz CT molecular complexity index is 473. The topological polar surface area (TPSA) is 38.0 Å². The molecular weight excluding hydrogens is 267 g/mol. The smallest absolute Gasteiger partial charge is 0.385 e. The van der Waals surface area contributed by atoms with Crippen molar-refractivity contribution in [2.24, 2.45) is 5.73 Å². The Morgan fingerprint density at radius 1 is 1.26 bits per heavy atom. The van der Waals surface area contributed by atoms with Crippen LogP contribution in [0.2, 0.25) is 0 Å². The lowest BCUT2D eigenvalue weighted by atomic mass is 9.89. The molecule has 0 aromatic rings. The van der Waals surface area contributed by atoms with E-state index in [0.29, 0.717) is 13.0 Å². The number of allylic oxidation sites excluding steroid dienone is 3. The summed E-state index contributed by atoms with van der Waals surface area (Å²) in [7, 11) is 0. The molecule has 2 nitrogen and oxygen atoms in total. The molecule has 2 rings (SSSR count). The molecule has 0 spiro atoms. The van der Waals surface area contributed by atoms with E-state index in [9.17, 15) is 22.0 Å². The first kappa shape index (κ1) is 14.0. The van der Waals surface area contributed by atoms with E-state index < -0.39 is 35.9 Å². The summed E-state index contributed by atoms with van der Waals surface area (Å²) in [4.78, 5) is 0. The molecule has 106 valence electrons. The molecule has 0 amide bonds. The summed E-state index contributed by atoms with van der Waals surface area (Å²) in [5, 5.41) is 2.81. The fourth-order valence-corrected chi connectivity index (χ4v) is 2.26. The summed E-state index contributed by atoms with van der Waals surface area (Å²) < 4.78 is 65.3. The summed E-state index contributed by atoms with van der Waals surface area (Å²) in [6.07, 6.45) is -2.68. The SMILES string of the molecule is NC1CC(F)=C(C(F)(F)F)C(F)=C1C1=CCCCN1. The Morgan fingerprint density at radius 3 is 2.47 bits per heavy atom. The van der Waals surface area contributed by atoms with Crippen molar-refractivity contribution in [2.75, 3.05) is 6.54 Å². The zero-order valence-corrected chi connectivity index (χ0v) is 9.95. The molecule has 1 unspecified atom stereocenters. The van der Waals surface area contributed by atoms with E-state index in [-0.39, 0.29) is 11.3 Å². The number of hydrogen-bond acceptors (Lipinski definition) is 2. The van der Waals surface area contributed by atoms with E-state index in [4.69, 9.17) is 5.73 Å². The van der Waals surface area contributed by atoms with E-state index in [1.54, 1.807) is 6.08 Å². The van der Waals surface area contributed by atoms with Gasteiger partial charge < -0.3 is 11.1 Å². The number of halogens is 5. The highest BCUT2D eigenvalue weighted by atomic mass is 19.4. The molecule has 0 aromatic carbocycles. The van der Waals surface area contributed by atoms with Crippen LogP contribution >= 0.6 is 0 Å². The second kappa shape index (κ2) is 4.96. The maximum Gasteiger partial charge on any atom is 0.421 e. The van der Waals surface area contributed by atoms with Crippen molar-refractivity contribution in [2.45, 2.75) is 31.5 Å². The van der Waals surface area contributed by atoms with E-state index in [1.807, 2.05) is 0 Å². The molecule has 0 fully saturated rings. The van der Waals surface area contributed by atoms with Crippen LogP contribution in [0.1, 0.15) is 19.3 Å². The summed E-state index contributed by atoms with van der Waals surface area (Å²) in [6, 6.07) is -1.11. The van der Waals surface area contributed by atoms with E-state index >= 15 is 0 Å². The van der Waals surface area contributed by atoms with Gasteiger partial charge in [-0.2, -0.15) is 13.2 Å². The monoisotopic (exact) mass is 280 g/mol. The van der Waals surface area contributed by atoms with Gasteiger partial charge in [-0.05, 0) is 12.8 Å². The number of hydrogen-bond donors (Lipinski definition) is 2. The van der Waals surface area contributed by atoms with Crippen LogP contribution in [0.25, 0.3) is 0 Å². The maximum absolute atomic E-state index is 14.0. The van der Waals surface area contributed by atoms with Gasteiger partial charge in [-0.1, -0.05) is 6.08 Å². The van der Waals surface area contributed by atoms with Crippen molar-refractivity contribution in [3.05, 3.63) is 34.6 Å². The summed E-state index contributed by atoms with van der Waals surface area (Å²) in [5.41, 5.74) is 3.70. The third kappa shape index (κ3) is 2.65. The van der Waals surface area contributed by atoms with Crippen molar-refractivity contribution in [1.82, 2.24) is 5.32 Å². The van der Waals surface area contributed by atoms with Gasteiger partial charge in [-0.3, -0.25) is 0 Å². The molecule has 2 aliphatic rings. The Kier molecular flexibility index (Phi) is 3.66. The van der Waals surface area contributed by atoms with Gasteiger partial charge in [0.15, 0.2) is 0 Å². The number of nitrogens with two attached hydrogens (primary N) is 1. The first-order valence-corrected chi connectivity index (χ1v) is 5.88. The third-order valence-corrected chi connectivity index (χ3v) is 3.12. The molecule has 7 heteroatoms. The van der Waals surface area contributed by atoms with E-state index in [2.05, 4.69) is 5.32 Å². The quantitative estimate of drug-likeness (QED) is 0.725. The van der Waals surface area contributed by atoms with Crippen molar-refractivity contribution < 1.29 is 22.0 Å².